The third-order valence-corrected chi connectivity index (χ3v) is 15.6. The molecule has 1 aromatic heterocycles. The van der Waals surface area contributed by atoms with Crippen molar-refractivity contribution in [3.8, 4) is 0 Å². The lowest BCUT2D eigenvalue weighted by molar-refractivity contribution is -0.198. The van der Waals surface area contributed by atoms with Crippen LogP contribution in [0.5, 0.6) is 0 Å². The van der Waals surface area contributed by atoms with E-state index in [1.54, 1.807) is 0 Å². The van der Waals surface area contributed by atoms with Crippen molar-refractivity contribution in [3.05, 3.63) is 72.1 Å². The van der Waals surface area contributed by atoms with Gasteiger partial charge in [-0.1, -0.05) is 76.6 Å². The molecule has 4 fully saturated rings. The largest absolute Gasteiger partial charge is 0.465 e. The van der Waals surface area contributed by atoms with E-state index in [0.29, 0.717) is 31.9 Å². The molecular formula is C44H59NO5. The molecule has 8 atom stereocenters. The number of aromatic nitrogens is 1. The highest BCUT2D eigenvalue weighted by atomic mass is 16.5. The van der Waals surface area contributed by atoms with Crippen LogP contribution in [0, 0.1) is 50.2 Å². The first-order chi connectivity index (χ1) is 23.7. The summed E-state index contributed by atoms with van der Waals surface area (Å²) >= 11 is 0. The number of hydrogen-bond acceptors (Lipinski definition) is 5. The second kappa shape index (κ2) is 12.5. The third kappa shape index (κ3) is 5.53. The normalized spacial score (nSPS) is 38.8. The number of Topliss-reactive ketones (excluding diaryl/α,β-unsaturated/α-hetero) is 1. The van der Waals surface area contributed by atoms with E-state index in [2.05, 4.69) is 47.6 Å². The molecule has 0 amide bonds. The smallest absolute Gasteiger partial charge is 0.313 e. The fraction of sp³-hybridized carbons (Fsp3) is 0.659. The van der Waals surface area contributed by atoms with E-state index in [-0.39, 0.29) is 57.8 Å². The number of esters is 2. The van der Waals surface area contributed by atoms with Crippen molar-refractivity contribution in [3.63, 3.8) is 0 Å². The van der Waals surface area contributed by atoms with Crippen molar-refractivity contribution in [1.29, 1.82) is 0 Å². The number of nitrogens with zero attached hydrogens (tertiary/aromatic N) is 1. The number of ether oxygens (including phenoxy) is 2. The SMILES string of the molecule is CC1(C)CC[C@]2(C(=O)OCc3ccccc3)CC[C@]3(C)C(=CC[C@@H]4[C@@]5(C)CCC(=O)[C@@](C)(COC(=O)CCn6cccc6)[C@@H]5CC[C@]43C)[C@@H]2C1. The predicted octanol–water partition coefficient (Wildman–Crippen LogP) is 9.52. The molecule has 5 aliphatic rings. The molecule has 1 heterocycles. The van der Waals surface area contributed by atoms with Crippen LogP contribution in [-0.2, 0) is 37.0 Å². The maximum absolute atomic E-state index is 14.3. The summed E-state index contributed by atoms with van der Waals surface area (Å²) in [6.07, 6.45) is 16.0. The van der Waals surface area contributed by atoms with Gasteiger partial charge in [0, 0.05) is 25.4 Å². The first-order valence-corrected chi connectivity index (χ1v) is 19.4. The minimum atomic E-state index is -0.681. The summed E-state index contributed by atoms with van der Waals surface area (Å²) in [5, 5.41) is 0. The fourth-order valence-electron chi connectivity index (χ4n) is 12.3. The second-order valence-electron chi connectivity index (χ2n) is 18.6. The average Bonchev–Trinajstić information content (AvgIpc) is 3.62. The number of rotatable bonds is 8. The van der Waals surface area contributed by atoms with E-state index in [0.717, 1.165) is 63.4 Å². The quantitative estimate of drug-likeness (QED) is 0.205. The summed E-state index contributed by atoms with van der Waals surface area (Å²) in [5.74, 6) is 0.767. The lowest BCUT2D eigenvalue weighted by Gasteiger charge is -2.70. The summed E-state index contributed by atoms with van der Waals surface area (Å²) in [7, 11) is 0. The summed E-state index contributed by atoms with van der Waals surface area (Å²) in [5.41, 5.74) is 1.52. The van der Waals surface area contributed by atoms with Crippen molar-refractivity contribution in [2.24, 2.45) is 50.2 Å². The van der Waals surface area contributed by atoms with Gasteiger partial charge in [0.05, 0.1) is 17.3 Å². The van der Waals surface area contributed by atoms with Crippen LogP contribution in [0.4, 0.5) is 0 Å². The molecular weight excluding hydrogens is 622 g/mol. The van der Waals surface area contributed by atoms with Crippen LogP contribution in [0.1, 0.15) is 118 Å². The summed E-state index contributed by atoms with van der Waals surface area (Å²) in [6.45, 7) is 15.5. The number of allylic oxidation sites excluding steroid dienone is 2. The van der Waals surface area contributed by atoms with Crippen molar-refractivity contribution in [2.45, 2.75) is 125 Å². The van der Waals surface area contributed by atoms with Crippen molar-refractivity contribution in [1.82, 2.24) is 4.57 Å². The van der Waals surface area contributed by atoms with Crippen LogP contribution < -0.4 is 0 Å². The fourth-order valence-corrected chi connectivity index (χ4v) is 12.3. The molecule has 0 bridgehead atoms. The van der Waals surface area contributed by atoms with Crippen LogP contribution in [0.15, 0.2) is 66.5 Å². The highest BCUT2D eigenvalue weighted by molar-refractivity contribution is 5.86. The zero-order chi connectivity index (χ0) is 35.6. The van der Waals surface area contributed by atoms with Gasteiger partial charge in [-0.05, 0) is 122 Å². The molecule has 0 N–H and O–H groups in total. The van der Waals surface area contributed by atoms with Gasteiger partial charge >= 0.3 is 11.9 Å². The number of fused-ring (bicyclic) bond motifs is 7. The zero-order valence-electron chi connectivity index (χ0n) is 31.4. The third-order valence-electron chi connectivity index (χ3n) is 15.6. The van der Waals surface area contributed by atoms with Crippen LogP contribution in [-0.4, -0.2) is 28.9 Å². The average molecular weight is 682 g/mol. The maximum Gasteiger partial charge on any atom is 0.313 e. The number of carbonyl (C=O) groups excluding carboxylic acids is 3. The minimum Gasteiger partial charge on any atom is -0.465 e. The molecule has 270 valence electrons. The molecule has 0 aliphatic heterocycles. The van der Waals surface area contributed by atoms with Crippen LogP contribution >= 0.6 is 0 Å². The summed E-state index contributed by atoms with van der Waals surface area (Å²) in [6, 6.07) is 14.0. The maximum atomic E-state index is 14.3. The van der Waals surface area contributed by atoms with E-state index >= 15 is 0 Å². The van der Waals surface area contributed by atoms with Gasteiger partial charge in [0.1, 0.15) is 19.0 Å². The molecule has 7 rings (SSSR count). The van der Waals surface area contributed by atoms with E-state index in [4.69, 9.17) is 9.47 Å². The molecule has 0 radical (unpaired) electrons. The van der Waals surface area contributed by atoms with Crippen LogP contribution in [0.25, 0.3) is 0 Å². The van der Waals surface area contributed by atoms with Gasteiger partial charge in [0.2, 0.25) is 0 Å². The molecule has 0 saturated heterocycles. The number of hydrogen-bond donors (Lipinski definition) is 0. The van der Waals surface area contributed by atoms with E-state index in [9.17, 15) is 14.4 Å². The van der Waals surface area contributed by atoms with Crippen molar-refractivity contribution in [2.75, 3.05) is 6.61 Å². The van der Waals surface area contributed by atoms with E-state index in [1.807, 2.05) is 59.4 Å². The minimum absolute atomic E-state index is 0.00258. The predicted molar refractivity (Wildman–Crippen MR) is 195 cm³/mol. The number of benzene rings is 1. The van der Waals surface area contributed by atoms with Gasteiger partial charge < -0.3 is 14.0 Å². The molecule has 2 aromatic rings. The number of ketones is 1. The number of aryl methyl sites for hydroxylation is 1. The van der Waals surface area contributed by atoms with Crippen molar-refractivity contribution < 1.29 is 23.9 Å². The lowest BCUT2D eigenvalue weighted by Crippen LogP contribution is -2.65. The Kier molecular flexibility index (Phi) is 8.82. The van der Waals surface area contributed by atoms with Crippen LogP contribution in [0.3, 0.4) is 0 Å². The zero-order valence-corrected chi connectivity index (χ0v) is 31.4. The van der Waals surface area contributed by atoms with Gasteiger partial charge in [-0.15, -0.1) is 0 Å². The lowest BCUT2D eigenvalue weighted by atomic mass is 9.33. The van der Waals surface area contributed by atoms with Crippen LogP contribution in [0.2, 0.25) is 0 Å². The Bertz CT molecular complexity index is 1640. The molecule has 0 spiro atoms. The number of carbonyl (C=O) groups is 3. The first kappa shape index (κ1) is 35.3. The Morgan fingerprint density at radius 1 is 0.840 bits per heavy atom. The Labute approximate surface area is 299 Å². The van der Waals surface area contributed by atoms with Gasteiger partial charge in [0.15, 0.2) is 0 Å². The van der Waals surface area contributed by atoms with Gasteiger partial charge in [-0.2, -0.15) is 0 Å². The first-order valence-electron chi connectivity index (χ1n) is 19.4. The molecule has 4 saturated carbocycles. The standard InChI is InChI=1S/C44H59NO5/c1-39(2)21-23-44(38(48)49-29-31-12-8-7-9-13-31)24-22-42(5)32(33(44)28-39)14-15-35-40(3)19-17-36(46)41(4,34(40)16-20-43(35,42)6)30-50-37(47)18-27-45-25-10-11-26-45/h7-14,25-26,33-35H,15-24,27-30H2,1-6H3/t33-,34+,35+,40-,41-,42+,43+,44-/m0/s1. The Morgan fingerprint density at radius 3 is 2.30 bits per heavy atom. The topological polar surface area (TPSA) is 74.6 Å². The molecule has 6 heteroatoms. The highest BCUT2D eigenvalue weighted by Crippen LogP contribution is 2.75. The molecule has 50 heavy (non-hydrogen) atoms. The highest BCUT2D eigenvalue weighted by Gasteiger charge is 2.70. The molecule has 0 unspecified atom stereocenters. The molecule has 1 aromatic carbocycles. The van der Waals surface area contributed by atoms with E-state index in [1.165, 1.54) is 5.57 Å². The van der Waals surface area contributed by atoms with Gasteiger partial charge in [-0.25, -0.2) is 0 Å². The monoisotopic (exact) mass is 681 g/mol. The Morgan fingerprint density at radius 2 is 1.56 bits per heavy atom. The summed E-state index contributed by atoms with van der Waals surface area (Å²) in [4.78, 5) is 41.0. The van der Waals surface area contributed by atoms with Crippen molar-refractivity contribution >= 4 is 17.7 Å². The van der Waals surface area contributed by atoms with E-state index < -0.39 is 10.8 Å². The van der Waals surface area contributed by atoms with Gasteiger partial charge in [-0.3, -0.25) is 14.4 Å². The Hall–Kier alpha value is -3.15. The molecule has 5 aliphatic carbocycles. The second-order valence-corrected chi connectivity index (χ2v) is 18.6. The Balaban J connectivity index is 1.15. The van der Waals surface area contributed by atoms with Gasteiger partial charge in [0.25, 0.3) is 0 Å². The summed E-state index contributed by atoms with van der Waals surface area (Å²) < 4.78 is 14.1. The molecule has 6 nitrogen and oxygen atoms in total.